The second kappa shape index (κ2) is 8.42. The van der Waals surface area contributed by atoms with Crippen molar-refractivity contribution in [2.45, 2.75) is 37.7 Å². The molecule has 4 rings (SSSR count). The lowest BCUT2D eigenvalue weighted by atomic mass is 9.64. The molecule has 0 radical (unpaired) electrons. The van der Waals surface area contributed by atoms with Crippen LogP contribution in [0.4, 0.5) is 8.78 Å². The lowest BCUT2D eigenvalue weighted by Gasteiger charge is -2.53. The van der Waals surface area contributed by atoms with E-state index < -0.39 is 6.43 Å². The fraction of sp³-hybridized carbons (Fsp3) is 1.00. The Balaban J connectivity index is 1.45. The van der Waals surface area contributed by atoms with Crippen LogP contribution in [0, 0.1) is 11.3 Å². The number of hydrogen-bond donors (Lipinski definition) is 0. The number of halogens is 2. The van der Waals surface area contributed by atoms with Gasteiger partial charge in [-0.25, -0.2) is 8.78 Å². The molecular weight excluding hydrogens is 362 g/mol. The molecule has 4 fully saturated rings. The molecule has 0 amide bonds. The monoisotopic (exact) mass is 400 g/mol. The first-order valence-corrected chi connectivity index (χ1v) is 11.1. The number of nitrogens with zero attached hydrogens (tertiary/aromatic N) is 4. The summed E-state index contributed by atoms with van der Waals surface area (Å²) in [5.74, 6) is 0.489. The molecule has 0 aromatic carbocycles. The van der Waals surface area contributed by atoms with Crippen molar-refractivity contribution in [2.75, 3.05) is 86.1 Å². The summed E-state index contributed by atoms with van der Waals surface area (Å²) in [5, 5.41) is 0. The standard InChI is InChI=1S/C21H38F2N4O/c1-24-7-3-20(4-8-24)5-10-26(15-19(22)23)13-18(20)14-27-11-12-28-21(17-27)6-9-25(2)16-21/h18-19H,3-17H2,1-2H3. The Hall–Kier alpha value is -0.340. The summed E-state index contributed by atoms with van der Waals surface area (Å²) >= 11 is 0. The molecule has 4 aliphatic rings. The Morgan fingerprint density at radius 3 is 2.29 bits per heavy atom. The number of piperidine rings is 2. The molecule has 0 saturated carbocycles. The van der Waals surface area contributed by atoms with Crippen molar-refractivity contribution >= 4 is 0 Å². The van der Waals surface area contributed by atoms with Crippen LogP contribution in [0.25, 0.3) is 0 Å². The van der Waals surface area contributed by atoms with Crippen LogP contribution in [0.1, 0.15) is 25.7 Å². The average Bonchev–Trinajstić information content (AvgIpc) is 3.00. The molecule has 4 heterocycles. The van der Waals surface area contributed by atoms with E-state index in [2.05, 4.69) is 28.8 Å². The van der Waals surface area contributed by atoms with Crippen LogP contribution in [0.2, 0.25) is 0 Å². The van der Waals surface area contributed by atoms with Crippen LogP contribution in [0.5, 0.6) is 0 Å². The number of hydrogen-bond acceptors (Lipinski definition) is 5. The van der Waals surface area contributed by atoms with Crippen molar-refractivity contribution in [3.63, 3.8) is 0 Å². The molecule has 28 heavy (non-hydrogen) atoms. The van der Waals surface area contributed by atoms with Gasteiger partial charge in [0.25, 0.3) is 6.43 Å². The van der Waals surface area contributed by atoms with Crippen molar-refractivity contribution < 1.29 is 13.5 Å². The van der Waals surface area contributed by atoms with E-state index >= 15 is 0 Å². The summed E-state index contributed by atoms with van der Waals surface area (Å²) in [7, 11) is 4.38. The van der Waals surface area contributed by atoms with Crippen LogP contribution in [-0.2, 0) is 4.74 Å². The minimum absolute atomic E-state index is 0.00965. The Labute approximate surface area is 168 Å². The maximum Gasteiger partial charge on any atom is 0.251 e. The van der Waals surface area contributed by atoms with Crippen molar-refractivity contribution in [3.05, 3.63) is 0 Å². The van der Waals surface area contributed by atoms with Crippen LogP contribution in [0.3, 0.4) is 0 Å². The molecule has 0 aliphatic carbocycles. The van der Waals surface area contributed by atoms with E-state index in [0.29, 0.717) is 11.3 Å². The summed E-state index contributed by atoms with van der Waals surface area (Å²) in [6.07, 6.45) is 2.39. The molecular formula is C21H38F2N4O. The van der Waals surface area contributed by atoms with Gasteiger partial charge >= 0.3 is 0 Å². The van der Waals surface area contributed by atoms with E-state index in [4.69, 9.17) is 4.74 Å². The van der Waals surface area contributed by atoms with Gasteiger partial charge < -0.3 is 14.5 Å². The number of likely N-dealkylation sites (N-methyl/N-ethyl adjacent to an activating group) is 1. The summed E-state index contributed by atoms with van der Waals surface area (Å²) in [4.78, 5) is 9.41. The topological polar surface area (TPSA) is 22.2 Å². The van der Waals surface area contributed by atoms with E-state index in [9.17, 15) is 8.78 Å². The Morgan fingerprint density at radius 2 is 1.61 bits per heavy atom. The first kappa shape index (κ1) is 20.9. The number of ether oxygens (including phenoxy) is 1. The molecule has 4 aliphatic heterocycles. The third-order valence-corrected chi connectivity index (χ3v) is 7.96. The fourth-order valence-electron chi connectivity index (χ4n) is 6.20. The maximum absolute atomic E-state index is 13.0. The Bertz CT molecular complexity index is 525. The smallest absolute Gasteiger partial charge is 0.251 e. The molecule has 4 saturated heterocycles. The Kier molecular flexibility index (Phi) is 6.29. The van der Waals surface area contributed by atoms with Gasteiger partial charge in [0, 0.05) is 39.3 Å². The van der Waals surface area contributed by atoms with Gasteiger partial charge in [0.05, 0.1) is 18.8 Å². The molecule has 0 aromatic heterocycles. The van der Waals surface area contributed by atoms with Gasteiger partial charge in [-0.05, 0) is 70.7 Å². The van der Waals surface area contributed by atoms with E-state index in [1.807, 2.05) is 4.90 Å². The predicted molar refractivity (Wildman–Crippen MR) is 107 cm³/mol. The zero-order valence-electron chi connectivity index (χ0n) is 17.7. The molecule has 7 heteroatoms. The third kappa shape index (κ3) is 4.53. The predicted octanol–water partition coefficient (Wildman–Crippen LogP) is 1.69. The minimum atomic E-state index is -2.23. The zero-order valence-corrected chi connectivity index (χ0v) is 17.7. The third-order valence-electron chi connectivity index (χ3n) is 7.96. The molecule has 0 N–H and O–H groups in total. The van der Waals surface area contributed by atoms with Gasteiger partial charge in [-0.1, -0.05) is 0 Å². The van der Waals surface area contributed by atoms with Crippen molar-refractivity contribution in [2.24, 2.45) is 11.3 Å². The molecule has 2 unspecified atom stereocenters. The molecule has 5 nitrogen and oxygen atoms in total. The summed E-state index contributed by atoms with van der Waals surface area (Å²) in [6.45, 7) is 9.83. The van der Waals surface area contributed by atoms with Gasteiger partial charge in [-0.3, -0.25) is 9.80 Å². The maximum atomic E-state index is 13.0. The lowest BCUT2D eigenvalue weighted by molar-refractivity contribution is -0.115. The first-order chi connectivity index (χ1) is 13.4. The normalized spacial score (nSPS) is 36.1. The molecule has 162 valence electrons. The molecule has 0 aromatic rings. The summed E-state index contributed by atoms with van der Waals surface area (Å²) in [6, 6.07) is 0. The number of rotatable bonds is 4. The molecule has 2 atom stereocenters. The number of morpholine rings is 1. The summed E-state index contributed by atoms with van der Waals surface area (Å²) in [5.41, 5.74) is 0.327. The molecule has 2 spiro atoms. The fourth-order valence-corrected chi connectivity index (χ4v) is 6.20. The second-order valence-electron chi connectivity index (χ2n) is 10.0. The quantitative estimate of drug-likeness (QED) is 0.714. The number of likely N-dealkylation sites (tertiary alicyclic amines) is 3. The molecule has 0 bridgehead atoms. The van der Waals surface area contributed by atoms with Gasteiger partial charge in [0.15, 0.2) is 0 Å². The first-order valence-electron chi connectivity index (χ1n) is 11.1. The van der Waals surface area contributed by atoms with E-state index in [0.717, 1.165) is 78.4 Å². The van der Waals surface area contributed by atoms with E-state index in [1.54, 1.807) is 0 Å². The van der Waals surface area contributed by atoms with Crippen molar-refractivity contribution in [1.29, 1.82) is 0 Å². The highest BCUT2D eigenvalue weighted by Gasteiger charge is 2.47. The van der Waals surface area contributed by atoms with Crippen LogP contribution in [-0.4, -0.2) is 118 Å². The average molecular weight is 401 g/mol. The van der Waals surface area contributed by atoms with Crippen molar-refractivity contribution in [3.8, 4) is 0 Å². The van der Waals surface area contributed by atoms with Crippen molar-refractivity contribution in [1.82, 2.24) is 19.6 Å². The second-order valence-corrected chi connectivity index (χ2v) is 10.0. The number of alkyl halides is 2. The van der Waals surface area contributed by atoms with Gasteiger partial charge in [0.1, 0.15) is 0 Å². The lowest BCUT2D eigenvalue weighted by Crippen LogP contribution is -2.59. The van der Waals surface area contributed by atoms with Gasteiger partial charge in [0.2, 0.25) is 0 Å². The SMILES string of the molecule is CN1CCC2(CC1)CCN(CC(F)F)CC2CN1CCOC2(CCN(C)C2)C1. The Morgan fingerprint density at radius 1 is 0.893 bits per heavy atom. The highest BCUT2D eigenvalue weighted by atomic mass is 19.3. The highest BCUT2D eigenvalue weighted by Crippen LogP contribution is 2.46. The highest BCUT2D eigenvalue weighted by molar-refractivity contribution is 5.00. The van der Waals surface area contributed by atoms with Crippen LogP contribution in [0.15, 0.2) is 0 Å². The van der Waals surface area contributed by atoms with Crippen LogP contribution >= 0.6 is 0 Å². The van der Waals surface area contributed by atoms with Crippen LogP contribution < -0.4 is 0 Å². The van der Waals surface area contributed by atoms with Gasteiger partial charge in [-0.2, -0.15) is 0 Å². The van der Waals surface area contributed by atoms with Gasteiger partial charge in [-0.15, -0.1) is 0 Å². The van der Waals surface area contributed by atoms with E-state index in [1.165, 1.54) is 12.8 Å². The zero-order chi connectivity index (χ0) is 19.8. The summed E-state index contributed by atoms with van der Waals surface area (Å²) < 4.78 is 32.3. The minimum Gasteiger partial charge on any atom is -0.371 e. The largest absolute Gasteiger partial charge is 0.371 e. The van der Waals surface area contributed by atoms with E-state index in [-0.39, 0.29) is 12.1 Å².